The van der Waals surface area contributed by atoms with Crippen molar-refractivity contribution in [1.29, 1.82) is 0 Å². The Kier molecular flexibility index (Phi) is 3.69. The summed E-state index contributed by atoms with van der Waals surface area (Å²) in [5, 5.41) is 4.04. The Balaban J connectivity index is 2.26. The molecule has 16 heavy (non-hydrogen) atoms. The third-order valence-corrected chi connectivity index (χ3v) is 2.93. The maximum absolute atomic E-state index is 6.00. The van der Waals surface area contributed by atoms with Crippen LogP contribution in [-0.2, 0) is 4.74 Å². The molecular formula is C12H16ClNO2. The van der Waals surface area contributed by atoms with E-state index in [2.05, 4.69) is 12.2 Å². The summed E-state index contributed by atoms with van der Waals surface area (Å²) in [6.07, 6.45) is 0.222. The second-order valence-electron chi connectivity index (χ2n) is 3.98. The minimum absolute atomic E-state index is 0.0115. The van der Waals surface area contributed by atoms with Crippen molar-refractivity contribution in [2.24, 2.45) is 0 Å². The molecule has 0 aliphatic carbocycles. The number of rotatable bonds is 2. The molecule has 0 bridgehead atoms. The summed E-state index contributed by atoms with van der Waals surface area (Å²) in [4.78, 5) is 0. The summed E-state index contributed by atoms with van der Waals surface area (Å²) in [5.41, 5.74) is 1.01. The number of methoxy groups -OCH3 is 1. The second-order valence-corrected chi connectivity index (χ2v) is 4.42. The standard InChI is InChI=1S/C12H16ClNO2/c1-8-6-14-7-12(16-8)10-5-9(13)3-4-11(10)15-2/h3-5,8,12,14H,6-7H2,1-2H3. The molecule has 1 fully saturated rings. The van der Waals surface area contributed by atoms with E-state index in [4.69, 9.17) is 21.1 Å². The van der Waals surface area contributed by atoms with Crippen molar-refractivity contribution >= 4 is 11.6 Å². The molecule has 1 aromatic rings. The summed E-state index contributed by atoms with van der Waals surface area (Å²) in [7, 11) is 1.66. The van der Waals surface area contributed by atoms with Crippen LogP contribution in [0.25, 0.3) is 0 Å². The van der Waals surface area contributed by atoms with Gasteiger partial charge in [-0.3, -0.25) is 0 Å². The van der Waals surface area contributed by atoms with Gasteiger partial charge in [0.2, 0.25) is 0 Å². The minimum atomic E-state index is 0.0115. The summed E-state index contributed by atoms with van der Waals surface area (Å²) in [5.74, 6) is 0.824. The quantitative estimate of drug-likeness (QED) is 0.863. The zero-order valence-corrected chi connectivity index (χ0v) is 10.3. The van der Waals surface area contributed by atoms with Crippen molar-refractivity contribution in [1.82, 2.24) is 5.32 Å². The Morgan fingerprint density at radius 3 is 2.94 bits per heavy atom. The Labute approximate surface area is 101 Å². The van der Waals surface area contributed by atoms with E-state index in [1.165, 1.54) is 0 Å². The van der Waals surface area contributed by atoms with Crippen LogP contribution < -0.4 is 10.1 Å². The van der Waals surface area contributed by atoms with Gasteiger partial charge in [0.15, 0.2) is 0 Å². The van der Waals surface area contributed by atoms with Crippen LogP contribution in [0.5, 0.6) is 5.75 Å². The van der Waals surface area contributed by atoms with Gasteiger partial charge in [-0.05, 0) is 25.1 Å². The molecule has 4 heteroatoms. The lowest BCUT2D eigenvalue weighted by atomic mass is 10.1. The zero-order valence-electron chi connectivity index (χ0n) is 9.50. The molecule has 1 aromatic carbocycles. The Morgan fingerprint density at radius 1 is 1.44 bits per heavy atom. The molecule has 2 rings (SSSR count). The first-order valence-electron chi connectivity index (χ1n) is 5.40. The molecule has 0 radical (unpaired) electrons. The maximum Gasteiger partial charge on any atom is 0.124 e. The highest BCUT2D eigenvalue weighted by atomic mass is 35.5. The molecule has 1 saturated heterocycles. The van der Waals surface area contributed by atoms with Gasteiger partial charge in [-0.1, -0.05) is 11.6 Å². The van der Waals surface area contributed by atoms with Crippen molar-refractivity contribution < 1.29 is 9.47 Å². The molecule has 2 atom stereocenters. The number of hydrogen-bond donors (Lipinski definition) is 1. The van der Waals surface area contributed by atoms with E-state index in [1.807, 2.05) is 18.2 Å². The van der Waals surface area contributed by atoms with E-state index in [1.54, 1.807) is 7.11 Å². The monoisotopic (exact) mass is 241 g/mol. The van der Waals surface area contributed by atoms with Gasteiger partial charge >= 0.3 is 0 Å². The van der Waals surface area contributed by atoms with Crippen LogP contribution in [0.3, 0.4) is 0 Å². The average Bonchev–Trinajstić information content (AvgIpc) is 2.29. The molecule has 0 amide bonds. The lowest BCUT2D eigenvalue weighted by molar-refractivity contribution is -0.0296. The molecule has 1 aliphatic rings. The van der Waals surface area contributed by atoms with Gasteiger partial charge in [0.1, 0.15) is 5.75 Å². The van der Waals surface area contributed by atoms with Crippen LogP contribution in [0.1, 0.15) is 18.6 Å². The van der Waals surface area contributed by atoms with E-state index in [0.29, 0.717) is 5.02 Å². The third kappa shape index (κ3) is 2.48. The lowest BCUT2D eigenvalue weighted by Gasteiger charge is -2.29. The highest BCUT2D eigenvalue weighted by molar-refractivity contribution is 6.30. The van der Waals surface area contributed by atoms with Crippen molar-refractivity contribution in [3.63, 3.8) is 0 Å². The molecule has 0 aromatic heterocycles. The predicted octanol–water partition coefficient (Wildman–Crippen LogP) is 2.40. The number of ether oxygens (including phenoxy) is 2. The molecular weight excluding hydrogens is 226 g/mol. The van der Waals surface area contributed by atoms with Crippen LogP contribution in [0.15, 0.2) is 18.2 Å². The number of hydrogen-bond acceptors (Lipinski definition) is 3. The molecule has 2 unspecified atom stereocenters. The van der Waals surface area contributed by atoms with E-state index < -0.39 is 0 Å². The van der Waals surface area contributed by atoms with Crippen LogP contribution in [0.4, 0.5) is 0 Å². The molecule has 1 heterocycles. The largest absolute Gasteiger partial charge is 0.496 e. The molecule has 1 aliphatic heterocycles. The summed E-state index contributed by atoms with van der Waals surface area (Å²) in [6.45, 7) is 3.73. The number of morpholine rings is 1. The van der Waals surface area contributed by atoms with Crippen molar-refractivity contribution in [2.45, 2.75) is 19.1 Å². The molecule has 0 saturated carbocycles. The Bertz CT molecular complexity index is 370. The van der Waals surface area contributed by atoms with Gasteiger partial charge in [0, 0.05) is 23.7 Å². The van der Waals surface area contributed by atoms with Gasteiger partial charge in [0.05, 0.1) is 19.3 Å². The van der Waals surface area contributed by atoms with Crippen LogP contribution in [0, 0.1) is 0 Å². The Hall–Kier alpha value is -0.770. The normalized spacial score (nSPS) is 25.4. The average molecular weight is 242 g/mol. The van der Waals surface area contributed by atoms with Crippen LogP contribution in [-0.4, -0.2) is 26.3 Å². The highest BCUT2D eigenvalue weighted by Crippen LogP contribution is 2.31. The first-order valence-corrected chi connectivity index (χ1v) is 5.78. The third-order valence-electron chi connectivity index (χ3n) is 2.70. The van der Waals surface area contributed by atoms with Gasteiger partial charge in [-0.2, -0.15) is 0 Å². The van der Waals surface area contributed by atoms with Crippen molar-refractivity contribution in [3.05, 3.63) is 28.8 Å². The molecule has 0 spiro atoms. The number of benzene rings is 1. The maximum atomic E-state index is 6.00. The fraction of sp³-hybridized carbons (Fsp3) is 0.500. The van der Waals surface area contributed by atoms with Crippen molar-refractivity contribution in [3.8, 4) is 5.75 Å². The minimum Gasteiger partial charge on any atom is -0.496 e. The van der Waals surface area contributed by atoms with Gasteiger partial charge < -0.3 is 14.8 Å². The first kappa shape index (κ1) is 11.7. The van der Waals surface area contributed by atoms with E-state index in [0.717, 1.165) is 24.4 Å². The topological polar surface area (TPSA) is 30.5 Å². The number of halogens is 1. The fourth-order valence-electron chi connectivity index (χ4n) is 1.93. The van der Waals surface area contributed by atoms with Crippen LogP contribution >= 0.6 is 11.6 Å². The fourth-order valence-corrected chi connectivity index (χ4v) is 2.11. The summed E-state index contributed by atoms with van der Waals surface area (Å²) >= 11 is 6.00. The molecule has 88 valence electrons. The smallest absolute Gasteiger partial charge is 0.124 e. The molecule has 1 N–H and O–H groups in total. The van der Waals surface area contributed by atoms with Gasteiger partial charge in [-0.25, -0.2) is 0 Å². The lowest BCUT2D eigenvalue weighted by Crippen LogP contribution is -2.39. The highest BCUT2D eigenvalue weighted by Gasteiger charge is 2.23. The van der Waals surface area contributed by atoms with Crippen LogP contribution in [0.2, 0.25) is 5.02 Å². The predicted molar refractivity (Wildman–Crippen MR) is 64.2 cm³/mol. The SMILES string of the molecule is COc1ccc(Cl)cc1C1CNCC(C)O1. The van der Waals surface area contributed by atoms with E-state index in [9.17, 15) is 0 Å². The molecule has 3 nitrogen and oxygen atoms in total. The number of nitrogens with one attached hydrogen (secondary N) is 1. The van der Waals surface area contributed by atoms with Gasteiger partial charge in [0.25, 0.3) is 0 Å². The summed E-state index contributed by atoms with van der Waals surface area (Å²) < 4.78 is 11.2. The zero-order chi connectivity index (χ0) is 11.5. The first-order chi connectivity index (χ1) is 7.70. The van der Waals surface area contributed by atoms with Crippen molar-refractivity contribution in [2.75, 3.05) is 20.2 Å². The second kappa shape index (κ2) is 5.04. The Morgan fingerprint density at radius 2 is 2.25 bits per heavy atom. The van der Waals surface area contributed by atoms with Gasteiger partial charge in [-0.15, -0.1) is 0 Å². The van der Waals surface area contributed by atoms with E-state index >= 15 is 0 Å². The van der Waals surface area contributed by atoms with E-state index in [-0.39, 0.29) is 12.2 Å². The summed E-state index contributed by atoms with van der Waals surface area (Å²) in [6, 6.07) is 5.61.